The lowest BCUT2D eigenvalue weighted by Gasteiger charge is -2.35. The Kier molecular flexibility index (Phi) is 2.93. The van der Waals surface area contributed by atoms with Gasteiger partial charge in [0.2, 0.25) is 0 Å². The van der Waals surface area contributed by atoms with Crippen LogP contribution in [0.3, 0.4) is 0 Å². The second kappa shape index (κ2) is 4.55. The Balaban J connectivity index is 1.73. The van der Waals surface area contributed by atoms with E-state index >= 15 is 0 Å². The van der Waals surface area contributed by atoms with Crippen LogP contribution in [0.2, 0.25) is 0 Å². The number of H-pyrrole nitrogens is 1. The van der Waals surface area contributed by atoms with E-state index in [4.69, 9.17) is 4.74 Å². The Hall–Kier alpha value is -0.870. The van der Waals surface area contributed by atoms with Gasteiger partial charge in [-0.05, 0) is 38.3 Å². The van der Waals surface area contributed by atoms with Crippen molar-refractivity contribution in [2.24, 2.45) is 0 Å². The predicted octanol–water partition coefficient (Wildman–Crippen LogP) is 1.73. The molecule has 2 fully saturated rings. The van der Waals surface area contributed by atoms with Crippen molar-refractivity contribution < 1.29 is 4.74 Å². The van der Waals surface area contributed by atoms with E-state index in [9.17, 15) is 0 Å². The zero-order chi connectivity index (χ0) is 10.8. The third-order valence-corrected chi connectivity index (χ3v) is 3.84. The van der Waals surface area contributed by atoms with Gasteiger partial charge < -0.3 is 4.74 Å². The molecule has 0 saturated carbocycles. The SMILES string of the molecule is c1cc([C@@H]2CCCN2C2CCOCC2)[nH]n1. The molecular weight excluding hydrogens is 202 g/mol. The molecule has 4 heteroatoms. The lowest BCUT2D eigenvalue weighted by Crippen LogP contribution is -2.39. The predicted molar refractivity (Wildman–Crippen MR) is 61.1 cm³/mol. The molecule has 88 valence electrons. The van der Waals surface area contributed by atoms with Crippen LogP contribution in [0.25, 0.3) is 0 Å². The van der Waals surface area contributed by atoms with Crippen LogP contribution in [0.15, 0.2) is 12.3 Å². The Morgan fingerprint density at radius 2 is 2.19 bits per heavy atom. The van der Waals surface area contributed by atoms with Crippen LogP contribution < -0.4 is 0 Å². The first kappa shape index (κ1) is 10.3. The summed E-state index contributed by atoms with van der Waals surface area (Å²) in [5.41, 5.74) is 1.28. The van der Waals surface area contributed by atoms with E-state index in [0.717, 1.165) is 13.2 Å². The summed E-state index contributed by atoms with van der Waals surface area (Å²) in [7, 11) is 0. The van der Waals surface area contributed by atoms with E-state index in [1.54, 1.807) is 0 Å². The van der Waals surface area contributed by atoms with Crippen molar-refractivity contribution in [1.29, 1.82) is 0 Å². The molecule has 0 bridgehead atoms. The van der Waals surface area contributed by atoms with Gasteiger partial charge >= 0.3 is 0 Å². The van der Waals surface area contributed by atoms with Crippen LogP contribution in [-0.2, 0) is 4.74 Å². The highest BCUT2D eigenvalue weighted by Gasteiger charge is 2.33. The van der Waals surface area contributed by atoms with E-state index in [2.05, 4.69) is 21.2 Å². The average Bonchev–Trinajstić information content (AvgIpc) is 3.01. The number of hydrogen-bond acceptors (Lipinski definition) is 3. The maximum Gasteiger partial charge on any atom is 0.0523 e. The fourth-order valence-electron chi connectivity index (χ4n) is 3.03. The molecular formula is C12H19N3O. The van der Waals surface area contributed by atoms with Crippen LogP contribution in [0.5, 0.6) is 0 Å². The van der Waals surface area contributed by atoms with Gasteiger partial charge in [-0.3, -0.25) is 10.00 Å². The third kappa shape index (κ3) is 1.87. The van der Waals surface area contributed by atoms with Gasteiger partial charge in [0.15, 0.2) is 0 Å². The van der Waals surface area contributed by atoms with Gasteiger partial charge in [0.1, 0.15) is 0 Å². The molecule has 1 atom stereocenters. The van der Waals surface area contributed by atoms with E-state index in [0.29, 0.717) is 12.1 Å². The second-order valence-electron chi connectivity index (χ2n) is 4.75. The molecule has 3 rings (SSSR count). The largest absolute Gasteiger partial charge is 0.381 e. The van der Waals surface area contributed by atoms with Crippen molar-refractivity contribution in [3.05, 3.63) is 18.0 Å². The number of nitrogens with one attached hydrogen (secondary N) is 1. The third-order valence-electron chi connectivity index (χ3n) is 3.84. The monoisotopic (exact) mass is 221 g/mol. The van der Waals surface area contributed by atoms with E-state index < -0.39 is 0 Å². The minimum absolute atomic E-state index is 0.561. The minimum Gasteiger partial charge on any atom is -0.381 e. The summed E-state index contributed by atoms with van der Waals surface area (Å²) < 4.78 is 5.44. The van der Waals surface area contributed by atoms with Crippen molar-refractivity contribution >= 4 is 0 Å². The summed E-state index contributed by atoms with van der Waals surface area (Å²) in [6.45, 7) is 3.09. The summed E-state index contributed by atoms with van der Waals surface area (Å²) in [6.07, 6.45) is 6.80. The summed E-state index contributed by atoms with van der Waals surface area (Å²) in [4.78, 5) is 2.65. The lowest BCUT2D eigenvalue weighted by atomic mass is 10.0. The smallest absolute Gasteiger partial charge is 0.0523 e. The van der Waals surface area contributed by atoms with Gasteiger partial charge in [-0.2, -0.15) is 5.10 Å². The first-order valence-electron chi connectivity index (χ1n) is 6.28. The highest BCUT2D eigenvalue weighted by molar-refractivity contribution is 5.07. The van der Waals surface area contributed by atoms with Gasteiger partial charge in [0.25, 0.3) is 0 Å². The van der Waals surface area contributed by atoms with Crippen LogP contribution in [0.1, 0.15) is 37.4 Å². The van der Waals surface area contributed by atoms with Gasteiger partial charge in [0.05, 0.1) is 11.7 Å². The number of ether oxygens (including phenoxy) is 1. The molecule has 0 aromatic carbocycles. The van der Waals surface area contributed by atoms with Crippen molar-refractivity contribution in [2.45, 2.75) is 37.8 Å². The fourth-order valence-corrected chi connectivity index (χ4v) is 3.03. The number of likely N-dealkylation sites (tertiary alicyclic amines) is 1. The molecule has 1 aromatic heterocycles. The summed E-state index contributed by atoms with van der Waals surface area (Å²) in [5, 5.41) is 7.20. The van der Waals surface area contributed by atoms with Crippen LogP contribution >= 0.6 is 0 Å². The van der Waals surface area contributed by atoms with Gasteiger partial charge in [-0.1, -0.05) is 0 Å². The van der Waals surface area contributed by atoms with Gasteiger partial charge in [0, 0.05) is 25.5 Å². The Bertz CT molecular complexity index is 319. The molecule has 4 nitrogen and oxygen atoms in total. The fraction of sp³-hybridized carbons (Fsp3) is 0.750. The molecule has 0 aliphatic carbocycles. The molecule has 1 N–H and O–H groups in total. The zero-order valence-electron chi connectivity index (χ0n) is 9.56. The first-order chi connectivity index (χ1) is 7.95. The quantitative estimate of drug-likeness (QED) is 0.826. The number of rotatable bonds is 2. The number of nitrogens with zero attached hydrogens (tertiary/aromatic N) is 2. The highest BCUT2D eigenvalue weighted by atomic mass is 16.5. The lowest BCUT2D eigenvalue weighted by molar-refractivity contribution is 0.0285. The summed E-state index contributed by atoms with van der Waals surface area (Å²) >= 11 is 0. The maximum absolute atomic E-state index is 5.44. The summed E-state index contributed by atoms with van der Waals surface area (Å²) in [6, 6.07) is 3.39. The van der Waals surface area contributed by atoms with Gasteiger partial charge in [-0.25, -0.2) is 0 Å². The van der Waals surface area contributed by atoms with E-state index in [1.807, 2.05) is 6.20 Å². The molecule has 0 amide bonds. The molecule has 2 saturated heterocycles. The highest BCUT2D eigenvalue weighted by Crippen LogP contribution is 2.34. The first-order valence-corrected chi connectivity index (χ1v) is 6.28. The minimum atomic E-state index is 0.561. The summed E-state index contributed by atoms with van der Waals surface area (Å²) in [5.74, 6) is 0. The van der Waals surface area contributed by atoms with Crippen molar-refractivity contribution in [2.75, 3.05) is 19.8 Å². The molecule has 2 aliphatic heterocycles. The number of hydrogen-bond donors (Lipinski definition) is 1. The molecule has 1 aromatic rings. The van der Waals surface area contributed by atoms with Crippen molar-refractivity contribution in [3.63, 3.8) is 0 Å². The molecule has 0 radical (unpaired) electrons. The van der Waals surface area contributed by atoms with E-state index in [-0.39, 0.29) is 0 Å². The number of aromatic amines is 1. The maximum atomic E-state index is 5.44. The van der Waals surface area contributed by atoms with Crippen molar-refractivity contribution in [3.8, 4) is 0 Å². The van der Waals surface area contributed by atoms with Crippen molar-refractivity contribution in [1.82, 2.24) is 15.1 Å². The van der Waals surface area contributed by atoms with Crippen LogP contribution in [-0.4, -0.2) is 40.9 Å². The average molecular weight is 221 g/mol. The molecule has 2 aliphatic rings. The molecule has 3 heterocycles. The topological polar surface area (TPSA) is 41.1 Å². The molecule has 0 unspecified atom stereocenters. The Morgan fingerprint density at radius 1 is 1.31 bits per heavy atom. The zero-order valence-corrected chi connectivity index (χ0v) is 9.56. The molecule has 16 heavy (non-hydrogen) atoms. The standard InChI is InChI=1S/C12H19N3O/c1-2-12(11-3-6-13-14-11)15(7-1)10-4-8-16-9-5-10/h3,6,10,12H,1-2,4-5,7-9H2,(H,13,14)/t12-/m0/s1. The van der Waals surface area contributed by atoms with Crippen LogP contribution in [0.4, 0.5) is 0 Å². The van der Waals surface area contributed by atoms with Gasteiger partial charge in [-0.15, -0.1) is 0 Å². The normalized spacial score (nSPS) is 28.6. The second-order valence-corrected chi connectivity index (χ2v) is 4.75. The number of aromatic nitrogens is 2. The Labute approximate surface area is 96.0 Å². The molecule has 0 spiro atoms. The van der Waals surface area contributed by atoms with Crippen LogP contribution in [0, 0.1) is 0 Å². The van der Waals surface area contributed by atoms with E-state index in [1.165, 1.54) is 37.9 Å². The Morgan fingerprint density at radius 3 is 2.94 bits per heavy atom.